The summed E-state index contributed by atoms with van der Waals surface area (Å²) in [6.45, 7) is 5.12. The number of carbonyl (C=O) groups is 4. The van der Waals surface area contributed by atoms with Crippen LogP contribution in [0.15, 0.2) is 109 Å². The number of unbranched alkanes of at least 4 members (excludes halogenated alkanes) is 4. The van der Waals surface area contributed by atoms with Gasteiger partial charge in [0.25, 0.3) is 11.8 Å². The minimum atomic E-state index is -0.666. The molecule has 4 aliphatic rings. The van der Waals surface area contributed by atoms with E-state index in [0.717, 1.165) is 78.2 Å². The molecule has 12 rings (SSSR count). The van der Waals surface area contributed by atoms with Crippen LogP contribution in [-0.4, -0.2) is 36.8 Å². The Labute approximate surface area is 474 Å². The molecule has 0 saturated carbocycles. The Morgan fingerprint density at radius 1 is 0.475 bits per heavy atom. The third-order valence-corrected chi connectivity index (χ3v) is 18.8. The molecular formula is C64H42N6O6S4. The van der Waals surface area contributed by atoms with Gasteiger partial charge in [-0.25, -0.2) is 9.59 Å². The van der Waals surface area contributed by atoms with Crippen molar-refractivity contribution in [2.45, 2.75) is 52.4 Å². The smallest absolute Gasteiger partial charge is 0.345 e. The first-order valence-corrected chi connectivity index (χ1v) is 29.2. The lowest BCUT2D eigenvalue weighted by atomic mass is 9.91. The number of amides is 2. The molecule has 0 radical (unpaired) electrons. The van der Waals surface area contributed by atoms with Gasteiger partial charge in [-0.15, -0.1) is 45.3 Å². The first-order valence-electron chi connectivity index (χ1n) is 25.9. The van der Waals surface area contributed by atoms with Crippen molar-refractivity contribution in [3.05, 3.63) is 159 Å². The van der Waals surface area contributed by atoms with E-state index in [1.165, 1.54) is 22.7 Å². The lowest BCUT2D eigenvalue weighted by Gasteiger charge is -2.17. The molecule has 0 spiro atoms. The molecule has 2 amide bonds. The van der Waals surface area contributed by atoms with Gasteiger partial charge in [0.15, 0.2) is 0 Å². The Bertz CT molecular complexity index is 4260. The first kappa shape index (κ1) is 51.5. The van der Waals surface area contributed by atoms with Crippen LogP contribution in [0.1, 0.15) is 84.4 Å². The van der Waals surface area contributed by atoms with Crippen molar-refractivity contribution in [3.63, 3.8) is 0 Å². The molecule has 4 aromatic carbocycles. The highest BCUT2D eigenvalue weighted by molar-refractivity contribution is 7.17. The van der Waals surface area contributed by atoms with Crippen LogP contribution >= 0.6 is 45.3 Å². The predicted molar refractivity (Wildman–Crippen MR) is 316 cm³/mol. The average Bonchev–Trinajstić information content (AvgIpc) is 4.51. The van der Waals surface area contributed by atoms with E-state index >= 15 is 0 Å². The molecule has 8 aromatic rings. The highest BCUT2D eigenvalue weighted by Crippen LogP contribution is 2.53. The molecular weight excluding hydrogens is 1080 g/mol. The van der Waals surface area contributed by atoms with Crippen molar-refractivity contribution in [2.75, 3.05) is 22.9 Å². The second kappa shape index (κ2) is 21.2. The van der Waals surface area contributed by atoms with Gasteiger partial charge in [0.1, 0.15) is 46.9 Å². The van der Waals surface area contributed by atoms with Gasteiger partial charge in [-0.3, -0.25) is 9.59 Å². The second-order valence-electron chi connectivity index (χ2n) is 19.3. The monoisotopic (exact) mass is 1120 g/mol. The van der Waals surface area contributed by atoms with Crippen molar-refractivity contribution in [3.8, 4) is 56.7 Å². The van der Waals surface area contributed by atoms with E-state index in [4.69, 9.17) is 9.47 Å². The Hall–Kier alpha value is -9.26. The number of nitrogens with zero attached hydrogens (tertiary/aromatic N) is 6. The van der Waals surface area contributed by atoms with Gasteiger partial charge < -0.3 is 19.3 Å². The first-order chi connectivity index (χ1) is 39.0. The zero-order valence-corrected chi connectivity index (χ0v) is 46.2. The summed E-state index contributed by atoms with van der Waals surface area (Å²) in [5.41, 5.74) is 6.33. The highest BCUT2D eigenvalue weighted by atomic mass is 32.1. The van der Waals surface area contributed by atoms with E-state index in [1.807, 2.05) is 109 Å². The minimum Gasteiger partial charge on any atom is -0.422 e. The molecule has 4 aromatic heterocycles. The van der Waals surface area contributed by atoms with E-state index in [9.17, 15) is 40.2 Å². The minimum absolute atomic E-state index is 0.0759. The topological polar surface area (TPSA) is 188 Å². The molecule has 80 heavy (non-hydrogen) atoms. The molecule has 0 saturated heterocycles. The van der Waals surface area contributed by atoms with Gasteiger partial charge in [-0.1, -0.05) is 63.8 Å². The fourth-order valence-corrected chi connectivity index (χ4v) is 14.6. The van der Waals surface area contributed by atoms with Crippen molar-refractivity contribution in [2.24, 2.45) is 0 Å². The molecule has 0 N–H and O–H groups in total. The molecule has 0 aliphatic carbocycles. The number of anilines is 2. The van der Waals surface area contributed by atoms with E-state index in [1.54, 1.807) is 68.9 Å². The summed E-state index contributed by atoms with van der Waals surface area (Å²) in [5.74, 6) is -1.42. The van der Waals surface area contributed by atoms with Crippen molar-refractivity contribution < 1.29 is 28.7 Å². The zero-order chi connectivity index (χ0) is 55.3. The normalized spacial score (nSPS) is 16.3. The number of hydrogen-bond donors (Lipinski definition) is 0. The largest absolute Gasteiger partial charge is 0.422 e. The fourth-order valence-electron chi connectivity index (χ4n) is 10.7. The van der Waals surface area contributed by atoms with Crippen LogP contribution in [0.2, 0.25) is 0 Å². The maximum Gasteiger partial charge on any atom is 0.345 e. The quantitative estimate of drug-likeness (QED) is 0.0493. The highest BCUT2D eigenvalue weighted by Gasteiger charge is 2.44. The summed E-state index contributed by atoms with van der Waals surface area (Å²) in [6.07, 6.45) is 9.29. The molecule has 0 unspecified atom stereocenters. The molecule has 12 nitrogen and oxygen atoms in total. The van der Waals surface area contributed by atoms with E-state index < -0.39 is 11.9 Å². The number of benzene rings is 4. The SMILES string of the molecule is CCCCCN1C(=O)/C(=C2/C(=O)Oc3c2ccc2c4c(ccc32)/C(=C2\C(=O)N(CCCCC)c3cc(-c5ccc(/C=c6\ccc(=C(C#N)C#N)s6)s5)ccc32)C(=O)O4)c2ccc(-c3ccc(/C=c4\ccc(=C(C#N)C#N)s4)s3)cc21. The van der Waals surface area contributed by atoms with Gasteiger partial charge in [0, 0.05) is 74.7 Å². The van der Waals surface area contributed by atoms with Gasteiger partial charge in [0.05, 0.1) is 42.7 Å². The predicted octanol–water partition coefficient (Wildman–Crippen LogP) is 11.2. The van der Waals surface area contributed by atoms with Gasteiger partial charge >= 0.3 is 11.9 Å². The van der Waals surface area contributed by atoms with Crippen LogP contribution < -0.4 is 37.4 Å². The summed E-state index contributed by atoms with van der Waals surface area (Å²) in [4.78, 5) is 65.5. The van der Waals surface area contributed by atoms with Crippen LogP contribution in [0.5, 0.6) is 11.5 Å². The Morgan fingerprint density at radius 2 is 0.887 bits per heavy atom. The number of esters is 2. The van der Waals surface area contributed by atoms with Crippen molar-refractivity contribution >= 4 is 137 Å². The number of hydrogen-bond acceptors (Lipinski definition) is 14. The summed E-state index contributed by atoms with van der Waals surface area (Å²) >= 11 is 5.90. The number of fused-ring (bicyclic) bond motifs is 7. The Morgan fingerprint density at radius 3 is 1.29 bits per heavy atom. The maximum atomic E-state index is 14.8. The summed E-state index contributed by atoms with van der Waals surface area (Å²) < 4.78 is 15.3. The number of thiophene rings is 4. The summed E-state index contributed by atoms with van der Waals surface area (Å²) in [7, 11) is 0. The molecule has 0 bridgehead atoms. The second-order valence-corrected chi connectivity index (χ2v) is 23.8. The van der Waals surface area contributed by atoms with Crippen LogP contribution in [0.3, 0.4) is 0 Å². The number of nitriles is 4. The molecule has 0 fully saturated rings. The van der Waals surface area contributed by atoms with Gasteiger partial charge in [-0.2, -0.15) is 21.0 Å². The van der Waals surface area contributed by atoms with Crippen LogP contribution in [0.25, 0.3) is 77.2 Å². The van der Waals surface area contributed by atoms with Crippen LogP contribution in [-0.2, 0) is 19.2 Å². The number of rotatable bonds is 12. The lowest BCUT2D eigenvalue weighted by Crippen LogP contribution is -2.28. The third kappa shape index (κ3) is 8.85. The molecule has 0 atom stereocenters. The van der Waals surface area contributed by atoms with Gasteiger partial charge in [-0.05, 0) is 121 Å². The Kier molecular flexibility index (Phi) is 13.6. The van der Waals surface area contributed by atoms with Gasteiger partial charge in [0.2, 0.25) is 0 Å². The fraction of sp³-hybridized carbons (Fsp3) is 0.156. The summed E-state index contributed by atoms with van der Waals surface area (Å²) in [6, 6.07) is 42.0. The average molecular weight is 1120 g/mol. The van der Waals surface area contributed by atoms with Crippen molar-refractivity contribution in [1.82, 2.24) is 0 Å². The van der Waals surface area contributed by atoms with E-state index in [2.05, 4.69) is 13.8 Å². The van der Waals surface area contributed by atoms with Crippen molar-refractivity contribution in [1.29, 1.82) is 21.0 Å². The van der Waals surface area contributed by atoms with E-state index in [0.29, 0.717) is 66.6 Å². The lowest BCUT2D eigenvalue weighted by molar-refractivity contribution is -0.127. The molecule has 4 aliphatic heterocycles. The Balaban J connectivity index is 0.898. The molecule has 16 heteroatoms. The number of ether oxygens (including phenoxy) is 2. The zero-order valence-electron chi connectivity index (χ0n) is 43.0. The summed E-state index contributed by atoms with van der Waals surface area (Å²) in [5, 5.41) is 38.4. The van der Waals surface area contributed by atoms with Crippen LogP contribution in [0.4, 0.5) is 11.4 Å². The van der Waals surface area contributed by atoms with E-state index in [-0.39, 0.29) is 56.8 Å². The van der Waals surface area contributed by atoms with Crippen LogP contribution in [0, 0.1) is 45.3 Å². The standard InChI is InChI=1S/C64H42N6O6S4/c1-3-5-7-25-69-49-27-35(51-21-11-39(77-51)29-41-13-23-53(79-41)37(31-65)32-66)9-15-45(49)55(61(69)71)57-47-19-17-44-43(59(47)75-63(57)73)18-20-48-58(64(74)76-60(44)48)56-46-16-10-36(28-50(46)70(62(56)72)26-8-6-4-2)52-22-12-40(78-52)30-42-14-24-54(80-42)38(33-67)34-68/h9-24,27-30H,3-8,25-26H2,1-2H3/b41-29+,42-30+,57-55+,58-56+. The maximum absolute atomic E-state index is 14.8. The number of carbonyl (C=O) groups excluding carboxylic acids is 4. The third-order valence-electron chi connectivity index (χ3n) is 14.5. The molecule has 388 valence electrons. The molecule has 8 heterocycles.